The highest BCUT2D eigenvalue weighted by molar-refractivity contribution is 5.67. The lowest BCUT2D eigenvalue weighted by molar-refractivity contribution is -0.137. The topological polar surface area (TPSA) is 80.9 Å². The van der Waals surface area contributed by atoms with E-state index >= 15 is 0 Å². The first kappa shape index (κ1) is 11.3. The summed E-state index contributed by atoms with van der Waals surface area (Å²) in [5.74, 6) is -0.502. The maximum absolute atomic E-state index is 10.7. The van der Waals surface area contributed by atoms with Gasteiger partial charge in [-0.2, -0.15) is 0 Å². The average molecular weight is 232 g/mol. The fourth-order valence-electron chi connectivity index (χ4n) is 1.53. The molecule has 0 saturated carbocycles. The predicted octanol–water partition coefficient (Wildman–Crippen LogP) is 1.04. The summed E-state index contributed by atoms with van der Waals surface area (Å²) in [5.41, 5.74) is 3.11. The highest BCUT2D eigenvalue weighted by Gasteiger charge is 2.11. The summed E-state index contributed by atoms with van der Waals surface area (Å²) in [5, 5.41) is 19.8. The number of carboxylic acids is 1. The van der Waals surface area contributed by atoms with Gasteiger partial charge in [0, 0.05) is 5.56 Å². The second-order valence-corrected chi connectivity index (χ2v) is 3.85. The van der Waals surface area contributed by atoms with Gasteiger partial charge in [-0.15, -0.1) is 5.10 Å². The average Bonchev–Trinajstić information content (AvgIpc) is 2.69. The minimum absolute atomic E-state index is 0.241. The van der Waals surface area contributed by atoms with E-state index in [9.17, 15) is 4.79 Å². The molecule has 0 amide bonds. The van der Waals surface area contributed by atoms with Crippen LogP contribution in [0.3, 0.4) is 0 Å². The van der Waals surface area contributed by atoms with Crippen LogP contribution in [0.15, 0.2) is 18.2 Å². The zero-order valence-electron chi connectivity index (χ0n) is 9.58. The maximum atomic E-state index is 10.7. The summed E-state index contributed by atoms with van der Waals surface area (Å²) in [4.78, 5) is 10.7. The van der Waals surface area contributed by atoms with Gasteiger partial charge in [0.05, 0.1) is 0 Å². The molecular formula is C11H12N4O2. The Hall–Kier alpha value is -2.24. The molecule has 2 rings (SSSR count). The predicted molar refractivity (Wildman–Crippen MR) is 60.4 cm³/mol. The van der Waals surface area contributed by atoms with Crippen molar-refractivity contribution in [3.8, 4) is 11.4 Å². The summed E-state index contributed by atoms with van der Waals surface area (Å²) in [6.45, 7) is 3.76. The van der Waals surface area contributed by atoms with E-state index in [0.717, 1.165) is 11.1 Å². The molecule has 0 spiro atoms. The van der Waals surface area contributed by atoms with Crippen molar-refractivity contribution < 1.29 is 9.90 Å². The largest absolute Gasteiger partial charge is 0.480 e. The number of rotatable bonds is 3. The summed E-state index contributed by atoms with van der Waals surface area (Å²) in [7, 11) is 0. The Morgan fingerprint density at radius 1 is 1.35 bits per heavy atom. The quantitative estimate of drug-likeness (QED) is 0.855. The molecular weight excluding hydrogens is 220 g/mol. The van der Waals surface area contributed by atoms with Gasteiger partial charge >= 0.3 is 5.97 Å². The van der Waals surface area contributed by atoms with Crippen LogP contribution in [0.2, 0.25) is 0 Å². The lowest BCUT2D eigenvalue weighted by atomic mass is 10.1. The number of hydrogen-bond acceptors (Lipinski definition) is 4. The molecule has 0 unspecified atom stereocenters. The monoisotopic (exact) mass is 232 g/mol. The Labute approximate surface area is 97.9 Å². The van der Waals surface area contributed by atoms with E-state index in [-0.39, 0.29) is 6.54 Å². The van der Waals surface area contributed by atoms with Gasteiger partial charge in [0.15, 0.2) is 5.82 Å². The van der Waals surface area contributed by atoms with Crippen molar-refractivity contribution in [3.05, 3.63) is 29.3 Å². The SMILES string of the molecule is Cc1ccc(-c2nnnn2CC(=O)O)cc1C. The molecule has 0 atom stereocenters. The molecule has 6 nitrogen and oxygen atoms in total. The number of carboxylic acid groups (broad SMARTS) is 1. The molecule has 88 valence electrons. The molecule has 0 aliphatic rings. The fourth-order valence-corrected chi connectivity index (χ4v) is 1.53. The first-order valence-corrected chi connectivity index (χ1v) is 5.13. The van der Waals surface area contributed by atoms with Crippen molar-refractivity contribution in [2.75, 3.05) is 0 Å². The van der Waals surface area contributed by atoms with E-state index in [1.807, 2.05) is 32.0 Å². The van der Waals surface area contributed by atoms with Crippen molar-refractivity contribution in [1.29, 1.82) is 0 Å². The molecule has 0 fully saturated rings. The van der Waals surface area contributed by atoms with Gasteiger partial charge in [-0.25, -0.2) is 4.68 Å². The normalized spacial score (nSPS) is 10.5. The maximum Gasteiger partial charge on any atom is 0.325 e. The van der Waals surface area contributed by atoms with Crippen LogP contribution in [0.5, 0.6) is 0 Å². The molecule has 0 saturated heterocycles. The van der Waals surface area contributed by atoms with Crippen molar-refractivity contribution in [3.63, 3.8) is 0 Å². The lowest BCUT2D eigenvalue weighted by Gasteiger charge is -2.04. The van der Waals surface area contributed by atoms with Crippen LogP contribution >= 0.6 is 0 Å². The van der Waals surface area contributed by atoms with Crippen LogP contribution in [-0.2, 0) is 11.3 Å². The van der Waals surface area contributed by atoms with Crippen molar-refractivity contribution >= 4 is 5.97 Å². The number of nitrogens with zero attached hydrogens (tertiary/aromatic N) is 4. The van der Waals surface area contributed by atoms with Crippen LogP contribution in [0.1, 0.15) is 11.1 Å². The molecule has 6 heteroatoms. The van der Waals surface area contributed by atoms with Crippen molar-refractivity contribution in [2.24, 2.45) is 0 Å². The van der Waals surface area contributed by atoms with E-state index in [1.165, 1.54) is 10.2 Å². The first-order valence-electron chi connectivity index (χ1n) is 5.13. The highest BCUT2D eigenvalue weighted by atomic mass is 16.4. The standard InChI is InChI=1S/C11H12N4O2/c1-7-3-4-9(5-8(7)2)11-12-13-14-15(11)6-10(16)17/h3-5H,6H2,1-2H3,(H,16,17). The number of tetrazole rings is 1. The van der Waals surface area contributed by atoms with Crippen LogP contribution in [-0.4, -0.2) is 31.3 Å². The molecule has 0 aliphatic heterocycles. The first-order chi connectivity index (χ1) is 8.08. The number of benzene rings is 1. The Morgan fingerprint density at radius 3 is 2.76 bits per heavy atom. The molecule has 0 aliphatic carbocycles. The molecule has 2 aromatic rings. The number of aryl methyl sites for hydroxylation is 2. The molecule has 1 N–H and O–H groups in total. The van der Waals surface area contributed by atoms with Gasteiger partial charge in [-0.05, 0) is 41.5 Å². The van der Waals surface area contributed by atoms with E-state index in [2.05, 4.69) is 15.5 Å². The number of aliphatic carboxylic acids is 1. The van der Waals surface area contributed by atoms with Gasteiger partial charge in [0.25, 0.3) is 0 Å². The highest BCUT2D eigenvalue weighted by Crippen LogP contribution is 2.19. The minimum atomic E-state index is -0.970. The second-order valence-electron chi connectivity index (χ2n) is 3.85. The summed E-state index contributed by atoms with van der Waals surface area (Å²) < 4.78 is 1.27. The van der Waals surface area contributed by atoms with Gasteiger partial charge < -0.3 is 5.11 Å². The fraction of sp³-hybridized carbons (Fsp3) is 0.273. The summed E-state index contributed by atoms with van der Waals surface area (Å²) >= 11 is 0. The molecule has 1 heterocycles. The Bertz CT molecular complexity index is 562. The third-order valence-corrected chi connectivity index (χ3v) is 2.58. The van der Waals surface area contributed by atoms with E-state index in [0.29, 0.717) is 5.82 Å². The van der Waals surface area contributed by atoms with Crippen molar-refractivity contribution in [1.82, 2.24) is 20.2 Å². The Morgan fingerprint density at radius 2 is 2.12 bits per heavy atom. The number of carbonyl (C=O) groups is 1. The minimum Gasteiger partial charge on any atom is -0.480 e. The number of hydrogen-bond donors (Lipinski definition) is 1. The number of aromatic nitrogens is 4. The van der Waals surface area contributed by atoms with Gasteiger partial charge in [0.1, 0.15) is 6.54 Å². The summed E-state index contributed by atoms with van der Waals surface area (Å²) in [6, 6.07) is 5.79. The zero-order valence-corrected chi connectivity index (χ0v) is 9.58. The Kier molecular flexibility index (Phi) is 2.86. The van der Waals surface area contributed by atoms with E-state index < -0.39 is 5.97 Å². The molecule has 0 bridgehead atoms. The van der Waals surface area contributed by atoms with Crippen LogP contribution in [0.4, 0.5) is 0 Å². The Balaban J connectivity index is 2.42. The lowest BCUT2D eigenvalue weighted by Crippen LogP contribution is -2.11. The van der Waals surface area contributed by atoms with Crippen LogP contribution in [0.25, 0.3) is 11.4 Å². The second kappa shape index (κ2) is 4.32. The summed E-state index contributed by atoms with van der Waals surface area (Å²) in [6.07, 6.45) is 0. The van der Waals surface area contributed by atoms with Crippen molar-refractivity contribution in [2.45, 2.75) is 20.4 Å². The van der Waals surface area contributed by atoms with Crippen LogP contribution < -0.4 is 0 Å². The molecule has 0 radical (unpaired) electrons. The van der Waals surface area contributed by atoms with Gasteiger partial charge in [-0.1, -0.05) is 12.1 Å². The van der Waals surface area contributed by atoms with Gasteiger partial charge in [-0.3, -0.25) is 4.79 Å². The smallest absolute Gasteiger partial charge is 0.325 e. The zero-order chi connectivity index (χ0) is 12.4. The molecule has 1 aromatic heterocycles. The van der Waals surface area contributed by atoms with Gasteiger partial charge in [0.2, 0.25) is 0 Å². The van der Waals surface area contributed by atoms with E-state index in [1.54, 1.807) is 0 Å². The van der Waals surface area contributed by atoms with Crippen LogP contribution in [0, 0.1) is 13.8 Å². The third kappa shape index (κ3) is 2.30. The molecule has 1 aromatic carbocycles. The van der Waals surface area contributed by atoms with E-state index in [4.69, 9.17) is 5.11 Å². The third-order valence-electron chi connectivity index (χ3n) is 2.58. The molecule has 17 heavy (non-hydrogen) atoms.